The number of benzene rings is 1. The first-order chi connectivity index (χ1) is 11.0. The first kappa shape index (κ1) is 18.2. The van der Waals surface area contributed by atoms with Gasteiger partial charge in [-0.3, -0.25) is 9.59 Å². The van der Waals surface area contributed by atoms with Crippen LogP contribution in [0.5, 0.6) is 0 Å². The van der Waals surface area contributed by atoms with Crippen molar-refractivity contribution < 1.29 is 14.7 Å². The molecule has 0 saturated heterocycles. The number of carbonyl (C=O) groups excluding carboxylic acids is 1. The third kappa shape index (κ3) is 5.47. The van der Waals surface area contributed by atoms with Crippen molar-refractivity contribution in [3.8, 4) is 6.07 Å². The topological polar surface area (TPSA) is 102 Å². The van der Waals surface area contributed by atoms with Crippen LogP contribution in [0.15, 0.2) is 30.0 Å². The van der Waals surface area contributed by atoms with Crippen LogP contribution in [0.4, 0.5) is 5.69 Å². The number of aliphatic carboxylic acids is 1. The molecule has 0 saturated carbocycles. The first-order valence-electron chi connectivity index (χ1n) is 7.51. The van der Waals surface area contributed by atoms with Crippen LogP contribution < -0.4 is 10.6 Å². The number of hydrogen-bond donors (Lipinski definition) is 3. The van der Waals surface area contributed by atoms with Crippen LogP contribution in [0.2, 0.25) is 0 Å². The van der Waals surface area contributed by atoms with E-state index in [1.165, 1.54) is 6.20 Å². The summed E-state index contributed by atoms with van der Waals surface area (Å²) in [6.45, 7) is 4.15. The lowest BCUT2D eigenvalue weighted by molar-refractivity contribution is -0.136. The highest BCUT2D eigenvalue weighted by Gasteiger charge is 2.13. The minimum absolute atomic E-state index is 0.0878. The highest BCUT2D eigenvalue weighted by molar-refractivity contribution is 6.07. The standard InChI is InChI=1S/C17H21N3O3/c1-3-12-6-5-7-13(4-2)16(12)20-17(23)14(10-18)11-19-9-8-15(21)22/h5-7,11,19H,3-4,8-9H2,1-2H3,(H,20,23)(H,21,22)/b14-11-. The van der Waals surface area contributed by atoms with Crippen molar-refractivity contribution in [2.45, 2.75) is 33.1 Å². The Kier molecular flexibility index (Phi) is 7.34. The average molecular weight is 315 g/mol. The summed E-state index contributed by atoms with van der Waals surface area (Å²) in [4.78, 5) is 22.7. The van der Waals surface area contributed by atoms with Gasteiger partial charge in [-0.05, 0) is 24.0 Å². The highest BCUT2D eigenvalue weighted by atomic mass is 16.4. The summed E-state index contributed by atoms with van der Waals surface area (Å²) in [6, 6.07) is 7.65. The van der Waals surface area contributed by atoms with Crippen LogP contribution in [-0.2, 0) is 22.4 Å². The molecule has 1 amide bonds. The second-order valence-electron chi connectivity index (χ2n) is 4.88. The maximum Gasteiger partial charge on any atom is 0.305 e. The Morgan fingerprint density at radius 3 is 2.35 bits per heavy atom. The smallest absolute Gasteiger partial charge is 0.305 e. The Morgan fingerprint density at radius 2 is 1.87 bits per heavy atom. The van der Waals surface area contributed by atoms with Crippen molar-refractivity contribution in [1.82, 2.24) is 5.32 Å². The third-order valence-corrected chi connectivity index (χ3v) is 3.33. The predicted molar refractivity (Wildman–Crippen MR) is 87.8 cm³/mol. The Hall–Kier alpha value is -2.81. The maximum atomic E-state index is 12.2. The zero-order valence-electron chi connectivity index (χ0n) is 13.3. The molecule has 0 radical (unpaired) electrons. The molecule has 0 unspecified atom stereocenters. The van der Waals surface area contributed by atoms with E-state index < -0.39 is 11.9 Å². The molecule has 6 heteroatoms. The summed E-state index contributed by atoms with van der Waals surface area (Å²) in [5.74, 6) is -1.45. The number of amides is 1. The van der Waals surface area contributed by atoms with E-state index in [0.717, 1.165) is 29.7 Å². The summed E-state index contributed by atoms with van der Waals surface area (Å²) in [7, 11) is 0. The fraction of sp³-hybridized carbons (Fsp3) is 0.353. The lowest BCUT2D eigenvalue weighted by Crippen LogP contribution is -2.19. The van der Waals surface area contributed by atoms with Gasteiger partial charge in [0.05, 0.1) is 6.42 Å². The monoisotopic (exact) mass is 315 g/mol. The molecule has 0 fully saturated rings. The molecule has 1 aromatic carbocycles. The van der Waals surface area contributed by atoms with Crippen LogP contribution in [-0.4, -0.2) is 23.5 Å². The molecular weight excluding hydrogens is 294 g/mol. The zero-order valence-corrected chi connectivity index (χ0v) is 13.3. The zero-order chi connectivity index (χ0) is 17.2. The van der Waals surface area contributed by atoms with Gasteiger partial charge in [0.25, 0.3) is 5.91 Å². The van der Waals surface area contributed by atoms with Gasteiger partial charge in [0.15, 0.2) is 0 Å². The van der Waals surface area contributed by atoms with E-state index in [9.17, 15) is 9.59 Å². The molecule has 3 N–H and O–H groups in total. The van der Waals surface area contributed by atoms with Crippen molar-refractivity contribution in [2.24, 2.45) is 0 Å². The molecule has 6 nitrogen and oxygen atoms in total. The van der Waals surface area contributed by atoms with E-state index >= 15 is 0 Å². The predicted octanol–water partition coefficient (Wildman–Crippen LogP) is 2.22. The molecule has 0 aliphatic heterocycles. The molecule has 0 aliphatic rings. The fourth-order valence-corrected chi connectivity index (χ4v) is 2.09. The minimum Gasteiger partial charge on any atom is -0.481 e. The van der Waals surface area contributed by atoms with Crippen molar-refractivity contribution in [3.05, 3.63) is 41.1 Å². The van der Waals surface area contributed by atoms with E-state index in [1.54, 1.807) is 0 Å². The third-order valence-electron chi connectivity index (χ3n) is 3.33. The number of carboxylic acid groups (broad SMARTS) is 1. The van der Waals surface area contributed by atoms with Gasteiger partial charge in [-0.1, -0.05) is 32.0 Å². The second-order valence-corrected chi connectivity index (χ2v) is 4.88. The number of nitrogens with zero attached hydrogens (tertiary/aromatic N) is 1. The van der Waals surface area contributed by atoms with Crippen LogP contribution in [0.25, 0.3) is 0 Å². The molecule has 0 heterocycles. The number of hydrogen-bond acceptors (Lipinski definition) is 4. The van der Waals surface area contributed by atoms with E-state index in [-0.39, 0.29) is 18.5 Å². The summed E-state index contributed by atoms with van der Waals surface area (Å²) < 4.78 is 0. The van der Waals surface area contributed by atoms with Gasteiger partial charge in [0.1, 0.15) is 11.6 Å². The van der Waals surface area contributed by atoms with Crippen molar-refractivity contribution in [2.75, 3.05) is 11.9 Å². The second kappa shape index (κ2) is 9.26. The summed E-state index contributed by atoms with van der Waals surface area (Å²) in [5, 5.41) is 23.1. The lowest BCUT2D eigenvalue weighted by Gasteiger charge is -2.14. The Morgan fingerprint density at radius 1 is 1.26 bits per heavy atom. The minimum atomic E-state index is -0.946. The van der Waals surface area contributed by atoms with Gasteiger partial charge in [-0.25, -0.2) is 0 Å². The Labute approximate surface area is 135 Å². The number of nitrogens with one attached hydrogen (secondary N) is 2. The fourth-order valence-electron chi connectivity index (χ4n) is 2.09. The van der Waals surface area contributed by atoms with Crippen LogP contribution >= 0.6 is 0 Å². The summed E-state index contributed by atoms with van der Waals surface area (Å²) >= 11 is 0. The largest absolute Gasteiger partial charge is 0.481 e. The van der Waals surface area contributed by atoms with Gasteiger partial charge in [0.2, 0.25) is 0 Å². The Balaban J connectivity index is 2.87. The number of rotatable bonds is 8. The summed E-state index contributed by atoms with van der Waals surface area (Å²) in [6.07, 6.45) is 2.70. The molecule has 0 bridgehead atoms. The maximum absolute atomic E-state index is 12.2. The van der Waals surface area contributed by atoms with Gasteiger partial charge in [0, 0.05) is 18.4 Å². The SMILES string of the molecule is CCc1cccc(CC)c1NC(=O)/C(C#N)=C\NCCC(=O)O. The van der Waals surface area contributed by atoms with Crippen molar-refractivity contribution >= 4 is 17.6 Å². The molecule has 0 aromatic heterocycles. The molecular formula is C17H21N3O3. The van der Waals surface area contributed by atoms with E-state index in [2.05, 4.69) is 10.6 Å². The first-order valence-corrected chi connectivity index (χ1v) is 7.51. The molecule has 0 atom stereocenters. The number of carbonyl (C=O) groups is 2. The number of anilines is 1. The van der Waals surface area contributed by atoms with Crippen LogP contribution in [0.3, 0.4) is 0 Å². The average Bonchev–Trinajstić information content (AvgIpc) is 2.54. The van der Waals surface area contributed by atoms with Gasteiger partial charge < -0.3 is 15.7 Å². The highest BCUT2D eigenvalue weighted by Crippen LogP contribution is 2.23. The molecule has 23 heavy (non-hydrogen) atoms. The van der Waals surface area contributed by atoms with Crippen LogP contribution in [0.1, 0.15) is 31.4 Å². The van der Waals surface area contributed by atoms with E-state index in [0.29, 0.717) is 0 Å². The van der Waals surface area contributed by atoms with Crippen LogP contribution in [0, 0.1) is 11.3 Å². The van der Waals surface area contributed by atoms with Gasteiger partial charge in [-0.2, -0.15) is 5.26 Å². The number of para-hydroxylation sites is 1. The Bertz CT molecular complexity index is 623. The molecule has 1 rings (SSSR count). The van der Waals surface area contributed by atoms with Gasteiger partial charge >= 0.3 is 5.97 Å². The molecule has 0 spiro atoms. The number of nitriles is 1. The summed E-state index contributed by atoms with van der Waals surface area (Å²) in [5.41, 5.74) is 2.67. The quantitative estimate of drug-likeness (QED) is 0.388. The molecule has 1 aromatic rings. The molecule has 122 valence electrons. The lowest BCUT2D eigenvalue weighted by atomic mass is 10.0. The molecule has 0 aliphatic carbocycles. The van der Waals surface area contributed by atoms with Crippen molar-refractivity contribution in [3.63, 3.8) is 0 Å². The van der Waals surface area contributed by atoms with E-state index in [1.807, 2.05) is 38.1 Å². The number of carboxylic acids is 1. The van der Waals surface area contributed by atoms with Gasteiger partial charge in [-0.15, -0.1) is 0 Å². The normalized spacial score (nSPS) is 10.7. The number of aryl methyl sites for hydroxylation is 2. The van der Waals surface area contributed by atoms with Crippen molar-refractivity contribution in [1.29, 1.82) is 5.26 Å². The van der Waals surface area contributed by atoms with E-state index in [4.69, 9.17) is 10.4 Å².